The van der Waals surface area contributed by atoms with Crippen LogP contribution in [0.15, 0.2) is 12.2 Å². The second-order valence-electron chi connectivity index (χ2n) is 9.08. The summed E-state index contributed by atoms with van der Waals surface area (Å²) in [6.45, 7) is 25.0. The molecule has 0 saturated heterocycles. The molecule has 1 atom stereocenters. The predicted molar refractivity (Wildman–Crippen MR) is 114 cm³/mol. The van der Waals surface area contributed by atoms with Gasteiger partial charge in [-0.15, -0.1) is 0 Å². The van der Waals surface area contributed by atoms with Crippen molar-refractivity contribution in [3.8, 4) is 0 Å². The average molecular weight is 423 g/mol. The Morgan fingerprint density at radius 2 is 1.32 bits per heavy atom. The van der Waals surface area contributed by atoms with Crippen molar-refractivity contribution in [1.82, 2.24) is 0 Å². The van der Waals surface area contributed by atoms with E-state index in [0.717, 1.165) is 12.5 Å². The first kappa shape index (κ1) is 25.0. The van der Waals surface area contributed by atoms with Gasteiger partial charge in [0.2, 0.25) is 0 Å². The number of carbonyl (C=O) groups is 1. The summed E-state index contributed by atoms with van der Waals surface area (Å²) in [6, 6.07) is 0.784. The molecule has 0 rings (SSSR count). The van der Waals surface area contributed by atoms with Crippen molar-refractivity contribution in [2.75, 3.05) is 6.61 Å². The van der Waals surface area contributed by atoms with Gasteiger partial charge >= 0.3 is 23.1 Å². The van der Waals surface area contributed by atoms with Gasteiger partial charge < -0.3 is 17.1 Å². The van der Waals surface area contributed by atoms with Gasteiger partial charge in [0.1, 0.15) is 0 Å². The second kappa shape index (κ2) is 9.24. The highest BCUT2D eigenvalue weighted by molar-refractivity contribution is 6.89. The van der Waals surface area contributed by atoms with Crippen LogP contribution in [-0.4, -0.2) is 46.3 Å². The van der Waals surface area contributed by atoms with E-state index in [0.29, 0.717) is 12.2 Å². The molecule has 0 aliphatic heterocycles. The molecule has 0 bridgehead atoms. The third kappa shape index (κ3) is 12.9. The summed E-state index contributed by atoms with van der Waals surface area (Å²) < 4.78 is 24.6. The van der Waals surface area contributed by atoms with Crippen molar-refractivity contribution in [1.29, 1.82) is 0 Å². The first-order chi connectivity index (χ1) is 10.9. The third-order valence-corrected chi connectivity index (χ3v) is 16.4. The fourth-order valence-electron chi connectivity index (χ4n) is 2.73. The highest BCUT2D eigenvalue weighted by Crippen LogP contribution is 2.27. The van der Waals surface area contributed by atoms with E-state index in [1.54, 1.807) is 6.92 Å². The quantitative estimate of drug-likeness (QED) is 0.203. The molecular weight excluding hydrogens is 385 g/mol. The van der Waals surface area contributed by atoms with Crippen LogP contribution in [0.3, 0.4) is 0 Å². The number of rotatable bonds is 11. The molecule has 9 heteroatoms. The fraction of sp³-hybridized carbons (Fsp3) is 0.812. The number of carbonyl (C=O) groups excluding carboxylic acids is 1. The van der Waals surface area contributed by atoms with Crippen LogP contribution in [-0.2, 0) is 21.9 Å². The minimum atomic E-state index is -2.41. The van der Waals surface area contributed by atoms with Gasteiger partial charge in [-0.05, 0) is 78.3 Å². The lowest BCUT2D eigenvalue weighted by atomic mass is 10.4. The van der Waals surface area contributed by atoms with Crippen molar-refractivity contribution in [3.63, 3.8) is 0 Å². The monoisotopic (exact) mass is 422 g/mol. The molecule has 1 unspecified atom stereocenters. The van der Waals surface area contributed by atoms with E-state index >= 15 is 0 Å². The van der Waals surface area contributed by atoms with Crippen LogP contribution in [0.4, 0.5) is 0 Å². The molecule has 0 saturated carbocycles. The number of esters is 1. The summed E-state index contributed by atoms with van der Waals surface area (Å²) >= 11 is 0. The Morgan fingerprint density at radius 1 is 0.840 bits per heavy atom. The van der Waals surface area contributed by atoms with Gasteiger partial charge in [0, 0.05) is 5.57 Å². The standard InChI is InChI=1S/C16H38O5Si4/c1-15(2)16(17)18-13-12-14-25(11,20-23(6,7)8)21-24(9,10)19-22(3,4)5/h1,12-14H2,2-11H3. The minimum absolute atomic E-state index is 0.341. The molecule has 0 radical (unpaired) electrons. The minimum Gasteiger partial charge on any atom is -0.462 e. The Morgan fingerprint density at radius 3 is 1.72 bits per heavy atom. The first-order valence-corrected chi connectivity index (χ1v) is 21.0. The fourth-order valence-corrected chi connectivity index (χ4v) is 20.7. The van der Waals surface area contributed by atoms with Crippen LogP contribution in [0.5, 0.6) is 0 Å². The Bertz CT molecular complexity index is 468. The van der Waals surface area contributed by atoms with E-state index in [1.165, 1.54) is 0 Å². The smallest absolute Gasteiger partial charge is 0.333 e. The lowest BCUT2D eigenvalue weighted by Gasteiger charge is -2.41. The molecule has 0 N–H and O–H groups in total. The van der Waals surface area contributed by atoms with E-state index in [-0.39, 0.29) is 5.97 Å². The second-order valence-corrected chi connectivity index (χ2v) is 25.6. The number of hydrogen-bond acceptors (Lipinski definition) is 5. The summed E-state index contributed by atoms with van der Waals surface area (Å²) in [5.41, 5.74) is 0.423. The molecule has 0 spiro atoms. The normalized spacial score (nSPS) is 15.6. The van der Waals surface area contributed by atoms with Gasteiger partial charge in [-0.2, -0.15) is 0 Å². The van der Waals surface area contributed by atoms with Gasteiger partial charge in [0.25, 0.3) is 0 Å². The highest BCUT2D eigenvalue weighted by atomic mass is 28.5. The molecule has 0 aliphatic rings. The Labute approximate surface area is 158 Å². The predicted octanol–water partition coefficient (Wildman–Crippen LogP) is 4.99. The highest BCUT2D eigenvalue weighted by Gasteiger charge is 2.44. The molecule has 0 aromatic carbocycles. The summed E-state index contributed by atoms with van der Waals surface area (Å²) in [5.74, 6) is -0.341. The maximum atomic E-state index is 11.5. The van der Waals surface area contributed by atoms with E-state index in [9.17, 15) is 4.79 Å². The Balaban J connectivity index is 4.95. The van der Waals surface area contributed by atoms with Gasteiger partial charge in [0.15, 0.2) is 16.6 Å². The van der Waals surface area contributed by atoms with Crippen molar-refractivity contribution in [2.24, 2.45) is 0 Å². The average Bonchev–Trinajstić information content (AvgIpc) is 2.27. The van der Waals surface area contributed by atoms with Crippen molar-refractivity contribution in [2.45, 2.75) is 78.3 Å². The topological polar surface area (TPSA) is 54.0 Å². The zero-order valence-corrected chi connectivity index (χ0v) is 21.9. The Hall–Kier alpha value is -0.0425. The zero-order chi connectivity index (χ0) is 20.1. The van der Waals surface area contributed by atoms with Crippen LogP contribution in [0.25, 0.3) is 0 Å². The van der Waals surface area contributed by atoms with Gasteiger partial charge in [-0.3, -0.25) is 0 Å². The van der Waals surface area contributed by atoms with Crippen LogP contribution in [0.1, 0.15) is 13.3 Å². The lowest BCUT2D eigenvalue weighted by Crippen LogP contribution is -2.56. The van der Waals surface area contributed by atoms with Crippen molar-refractivity contribution >= 4 is 39.7 Å². The van der Waals surface area contributed by atoms with Crippen LogP contribution < -0.4 is 0 Å². The molecule has 148 valence electrons. The summed E-state index contributed by atoms with van der Waals surface area (Å²) in [7, 11) is -8.13. The summed E-state index contributed by atoms with van der Waals surface area (Å²) in [5, 5.41) is 0. The molecule has 0 amide bonds. The first-order valence-electron chi connectivity index (χ1n) is 8.88. The van der Waals surface area contributed by atoms with E-state index in [2.05, 4.69) is 65.5 Å². The van der Waals surface area contributed by atoms with Crippen molar-refractivity contribution < 1.29 is 21.9 Å². The van der Waals surface area contributed by atoms with Gasteiger partial charge in [-0.25, -0.2) is 4.79 Å². The number of hydrogen-bond donors (Lipinski definition) is 0. The molecular formula is C16H38O5Si4. The van der Waals surface area contributed by atoms with Crippen LogP contribution in [0.2, 0.25) is 65.0 Å². The van der Waals surface area contributed by atoms with E-state index < -0.39 is 33.8 Å². The lowest BCUT2D eigenvalue weighted by molar-refractivity contribution is -0.138. The SMILES string of the molecule is C=C(C)C(=O)OCCC[Si](C)(O[Si](C)(C)C)O[Si](C)(C)O[Si](C)(C)C. The van der Waals surface area contributed by atoms with E-state index in [1.807, 2.05) is 0 Å². The van der Waals surface area contributed by atoms with Gasteiger partial charge in [-0.1, -0.05) is 6.58 Å². The summed E-state index contributed by atoms with van der Waals surface area (Å²) in [6.07, 6.45) is 0.726. The molecule has 0 fully saturated rings. The maximum Gasteiger partial charge on any atom is 0.333 e. The summed E-state index contributed by atoms with van der Waals surface area (Å²) in [4.78, 5) is 11.5. The van der Waals surface area contributed by atoms with Crippen LogP contribution >= 0.6 is 0 Å². The molecule has 0 aliphatic carbocycles. The Kier molecular flexibility index (Phi) is 9.23. The van der Waals surface area contributed by atoms with Gasteiger partial charge in [0.05, 0.1) is 6.61 Å². The molecule has 5 nitrogen and oxygen atoms in total. The van der Waals surface area contributed by atoms with Crippen LogP contribution in [0, 0.1) is 0 Å². The zero-order valence-electron chi connectivity index (χ0n) is 17.9. The molecule has 25 heavy (non-hydrogen) atoms. The maximum absolute atomic E-state index is 11.5. The molecule has 0 heterocycles. The molecule has 0 aromatic heterocycles. The van der Waals surface area contributed by atoms with Crippen molar-refractivity contribution in [3.05, 3.63) is 12.2 Å². The third-order valence-electron chi connectivity index (χ3n) is 2.89. The largest absolute Gasteiger partial charge is 0.462 e. The van der Waals surface area contributed by atoms with E-state index in [4.69, 9.17) is 17.1 Å². The molecule has 0 aromatic rings. The number of ether oxygens (including phenoxy) is 1.